The maximum absolute atomic E-state index is 11.8. The molecular weight excluding hydrogens is 388 g/mol. The Kier molecular flexibility index (Phi) is 7.28. The van der Waals surface area contributed by atoms with Crippen LogP contribution in [0.25, 0.3) is 0 Å². The fourth-order valence-corrected chi connectivity index (χ4v) is 2.35. The molecule has 0 unspecified atom stereocenters. The molecule has 1 N–H and O–H groups in total. The summed E-state index contributed by atoms with van der Waals surface area (Å²) in [6, 6.07) is 12.7. The summed E-state index contributed by atoms with van der Waals surface area (Å²) in [4.78, 5) is 11.8. The number of methoxy groups -OCH3 is 1. The van der Waals surface area contributed by atoms with E-state index in [1.165, 1.54) is 6.21 Å². The van der Waals surface area contributed by atoms with Crippen molar-refractivity contribution in [3.05, 3.63) is 52.5 Å². The molecule has 0 spiro atoms. The first-order valence-corrected chi connectivity index (χ1v) is 8.43. The third-order valence-electron chi connectivity index (χ3n) is 3.11. The van der Waals surface area contributed by atoms with Crippen LogP contribution in [0.15, 0.2) is 52.0 Å². The maximum Gasteiger partial charge on any atom is 0.277 e. The van der Waals surface area contributed by atoms with Crippen molar-refractivity contribution in [1.29, 1.82) is 0 Å². The first kappa shape index (κ1) is 18.8. The Balaban J connectivity index is 1.93. The zero-order valence-electron chi connectivity index (χ0n) is 14.0. The Labute approximate surface area is 154 Å². The lowest BCUT2D eigenvalue weighted by atomic mass is 10.2. The van der Waals surface area contributed by atoms with E-state index in [1.807, 2.05) is 25.1 Å². The molecule has 0 radical (unpaired) electrons. The summed E-state index contributed by atoms with van der Waals surface area (Å²) in [5.74, 6) is 1.56. The number of para-hydroxylation sites is 1. The van der Waals surface area contributed by atoms with Crippen LogP contribution in [0.5, 0.6) is 17.2 Å². The van der Waals surface area contributed by atoms with E-state index in [1.54, 1.807) is 31.4 Å². The van der Waals surface area contributed by atoms with Crippen LogP contribution in [0.4, 0.5) is 0 Å². The highest BCUT2D eigenvalue weighted by Gasteiger charge is 2.06. The molecule has 0 saturated heterocycles. The van der Waals surface area contributed by atoms with Crippen LogP contribution in [0.3, 0.4) is 0 Å². The van der Waals surface area contributed by atoms with Gasteiger partial charge in [-0.3, -0.25) is 4.79 Å². The summed E-state index contributed by atoms with van der Waals surface area (Å²) < 4.78 is 16.9. The van der Waals surface area contributed by atoms with E-state index >= 15 is 0 Å². The molecule has 2 aromatic rings. The average Bonchev–Trinajstić information content (AvgIpc) is 2.62. The predicted molar refractivity (Wildman–Crippen MR) is 99.5 cm³/mol. The maximum atomic E-state index is 11.8. The molecule has 2 aromatic carbocycles. The zero-order chi connectivity index (χ0) is 18.1. The van der Waals surface area contributed by atoms with Crippen molar-refractivity contribution < 1.29 is 19.0 Å². The van der Waals surface area contributed by atoms with Crippen LogP contribution in [-0.4, -0.2) is 32.4 Å². The molecule has 0 aromatic heterocycles. The van der Waals surface area contributed by atoms with Gasteiger partial charge in [-0.25, -0.2) is 5.43 Å². The highest BCUT2D eigenvalue weighted by molar-refractivity contribution is 9.10. The number of hydrazone groups is 1. The minimum atomic E-state index is -0.368. The van der Waals surface area contributed by atoms with Crippen molar-refractivity contribution in [1.82, 2.24) is 5.43 Å². The molecule has 25 heavy (non-hydrogen) atoms. The summed E-state index contributed by atoms with van der Waals surface area (Å²) in [6.45, 7) is 2.28. The van der Waals surface area contributed by atoms with Gasteiger partial charge in [0.2, 0.25) is 0 Å². The van der Waals surface area contributed by atoms with E-state index in [2.05, 4.69) is 26.5 Å². The van der Waals surface area contributed by atoms with E-state index in [0.29, 0.717) is 29.4 Å². The van der Waals surface area contributed by atoms with E-state index < -0.39 is 0 Å². The second-order valence-electron chi connectivity index (χ2n) is 4.85. The van der Waals surface area contributed by atoms with Gasteiger partial charge in [-0.1, -0.05) is 12.1 Å². The van der Waals surface area contributed by atoms with Gasteiger partial charge in [-0.05, 0) is 53.2 Å². The lowest BCUT2D eigenvalue weighted by molar-refractivity contribution is -0.123. The third-order valence-corrected chi connectivity index (χ3v) is 3.76. The minimum Gasteiger partial charge on any atom is -0.497 e. The van der Waals surface area contributed by atoms with Crippen molar-refractivity contribution >= 4 is 28.1 Å². The average molecular weight is 407 g/mol. The molecule has 0 aliphatic rings. The highest BCUT2D eigenvalue weighted by atomic mass is 79.9. The molecule has 6 nitrogen and oxygen atoms in total. The van der Waals surface area contributed by atoms with Gasteiger partial charge < -0.3 is 14.2 Å². The Morgan fingerprint density at radius 1 is 1.20 bits per heavy atom. The number of amides is 1. The lowest BCUT2D eigenvalue weighted by Crippen LogP contribution is -2.24. The second kappa shape index (κ2) is 9.68. The molecule has 2 rings (SSSR count). The minimum absolute atomic E-state index is 0.142. The Morgan fingerprint density at radius 3 is 2.72 bits per heavy atom. The molecule has 1 amide bonds. The number of nitrogens with zero attached hydrogens (tertiary/aromatic N) is 1. The Bertz CT molecular complexity index is 750. The number of carbonyl (C=O) groups excluding carboxylic acids is 1. The summed E-state index contributed by atoms with van der Waals surface area (Å²) in [7, 11) is 1.58. The largest absolute Gasteiger partial charge is 0.497 e. The number of benzene rings is 2. The molecule has 0 atom stereocenters. The number of ether oxygens (including phenoxy) is 3. The van der Waals surface area contributed by atoms with Crippen LogP contribution in [0, 0.1) is 0 Å². The molecule has 0 heterocycles. The Hall–Kier alpha value is -2.54. The van der Waals surface area contributed by atoms with Gasteiger partial charge in [0.15, 0.2) is 6.61 Å². The number of hydrogen-bond donors (Lipinski definition) is 1. The van der Waals surface area contributed by atoms with Crippen molar-refractivity contribution in [3.8, 4) is 17.2 Å². The molecule has 0 bridgehead atoms. The van der Waals surface area contributed by atoms with Crippen molar-refractivity contribution in [2.45, 2.75) is 6.92 Å². The second-order valence-corrected chi connectivity index (χ2v) is 5.70. The van der Waals surface area contributed by atoms with E-state index in [-0.39, 0.29) is 12.5 Å². The lowest BCUT2D eigenvalue weighted by Gasteiger charge is -2.09. The first-order valence-electron chi connectivity index (χ1n) is 7.64. The van der Waals surface area contributed by atoms with Crippen molar-refractivity contribution in [2.75, 3.05) is 20.3 Å². The summed E-state index contributed by atoms with van der Waals surface area (Å²) in [5, 5.41) is 3.94. The van der Waals surface area contributed by atoms with Crippen LogP contribution >= 0.6 is 15.9 Å². The summed E-state index contributed by atoms with van der Waals surface area (Å²) >= 11 is 3.35. The van der Waals surface area contributed by atoms with Gasteiger partial charge in [0.05, 0.1) is 24.4 Å². The zero-order valence-corrected chi connectivity index (χ0v) is 15.6. The van der Waals surface area contributed by atoms with Crippen LogP contribution in [-0.2, 0) is 4.79 Å². The molecule has 7 heteroatoms. The molecule has 132 valence electrons. The normalized spacial score (nSPS) is 10.5. The van der Waals surface area contributed by atoms with Gasteiger partial charge in [0, 0.05) is 5.56 Å². The number of rotatable bonds is 8. The van der Waals surface area contributed by atoms with Crippen molar-refractivity contribution in [3.63, 3.8) is 0 Å². The summed E-state index contributed by atoms with van der Waals surface area (Å²) in [6.07, 6.45) is 1.50. The van der Waals surface area contributed by atoms with E-state index in [9.17, 15) is 4.79 Å². The number of carbonyl (C=O) groups is 1. The van der Waals surface area contributed by atoms with Gasteiger partial charge in [-0.15, -0.1) is 0 Å². The van der Waals surface area contributed by atoms with Gasteiger partial charge in [0.1, 0.15) is 17.2 Å². The molecule has 0 saturated carbocycles. The highest BCUT2D eigenvalue weighted by Crippen LogP contribution is 2.24. The smallest absolute Gasteiger partial charge is 0.277 e. The monoisotopic (exact) mass is 406 g/mol. The predicted octanol–water partition coefficient (Wildman–Crippen LogP) is 3.39. The van der Waals surface area contributed by atoms with Gasteiger partial charge in [0.25, 0.3) is 5.91 Å². The third kappa shape index (κ3) is 5.79. The first-order chi connectivity index (χ1) is 12.1. The molecular formula is C18H19BrN2O4. The number of halogens is 1. The Morgan fingerprint density at radius 2 is 2.00 bits per heavy atom. The molecule has 0 fully saturated rings. The van der Waals surface area contributed by atoms with Crippen LogP contribution in [0.2, 0.25) is 0 Å². The quantitative estimate of drug-likeness (QED) is 0.538. The molecule has 0 aliphatic heterocycles. The number of hydrogen-bond acceptors (Lipinski definition) is 5. The van der Waals surface area contributed by atoms with Crippen LogP contribution in [0.1, 0.15) is 12.5 Å². The fraction of sp³-hybridized carbons (Fsp3) is 0.222. The van der Waals surface area contributed by atoms with Gasteiger partial charge in [-0.2, -0.15) is 5.10 Å². The van der Waals surface area contributed by atoms with E-state index in [4.69, 9.17) is 14.2 Å². The van der Waals surface area contributed by atoms with E-state index in [0.717, 1.165) is 4.47 Å². The SMILES string of the molecule is CCOc1ccc(OC)cc1/C=N/NC(=O)COc1ccccc1Br. The fourth-order valence-electron chi connectivity index (χ4n) is 1.95. The van der Waals surface area contributed by atoms with Crippen molar-refractivity contribution in [2.24, 2.45) is 5.10 Å². The summed E-state index contributed by atoms with van der Waals surface area (Å²) in [5.41, 5.74) is 3.12. The van der Waals surface area contributed by atoms with Gasteiger partial charge >= 0.3 is 0 Å². The van der Waals surface area contributed by atoms with Crippen LogP contribution < -0.4 is 19.6 Å². The molecule has 0 aliphatic carbocycles. The topological polar surface area (TPSA) is 69.2 Å². The number of nitrogens with one attached hydrogen (secondary N) is 1. The standard InChI is InChI=1S/C18H19BrN2O4/c1-3-24-16-9-8-14(23-2)10-13(16)11-20-21-18(22)12-25-17-7-5-4-6-15(17)19/h4-11H,3,12H2,1-2H3,(H,21,22)/b20-11+.